The number of allylic oxidation sites excluding steroid dienone is 2. The van der Waals surface area contributed by atoms with Crippen LogP contribution in [0.5, 0.6) is 0 Å². The van der Waals surface area contributed by atoms with E-state index in [2.05, 4.69) is 26.8 Å². The smallest absolute Gasteiger partial charge is 0.162 e. The molecule has 0 spiro atoms. The van der Waals surface area contributed by atoms with E-state index in [-0.39, 0.29) is 40.8 Å². The van der Waals surface area contributed by atoms with Gasteiger partial charge in [0.2, 0.25) is 0 Å². The van der Waals surface area contributed by atoms with Crippen LogP contribution in [0.1, 0.15) is 47.5 Å². The number of Topliss-reactive ketones (excluding diaryl/α,β-unsaturated/α-hetero) is 1. The second-order valence-electron chi connectivity index (χ2n) is 9.21. The largest absolute Gasteiger partial charge is 0.389 e. The fourth-order valence-electron chi connectivity index (χ4n) is 6.33. The number of ketones is 1. The summed E-state index contributed by atoms with van der Waals surface area (Å²) >= 11 is 0. The van der Waals surface area contributed by atoms with Crippen molar-refractivity contribution < 1.29 is 15.0 Å². The average Bonchev–Trinajstić information content (AvgIpc) is 2.78. The zero-order valence-electron chi connectivity index (χ0n) is 14.8. The summed E-state index contributed by atoms with van der Waals surface area (Å²) in [6.07, 6.45) is 5.54. The molecule has 0 heterocycles. The molecule has 2 N–H and O–H groups in total. The van der Waals surface area contributed by atoms with Crippen LogP contribution in [-0.4, -0.2) is 27.2 Å². The first-order valence-electron chi connectivity index (χ1n) is 8.90. The Kier molecular flexibility index (Phi) is 2.83. The summed E-state index contributed by atoms with van der Waals surface area (Å²) < 4.78 is 0. The van der Waals surface area contributed by atoms with Crippen LogP contribution in [-0.2, 0) is 4.79 Å². The third-order valence-electron chi connectivity index (χ3n) is 7.75. The van der Waals surface area contributed by atoms with Crippen LogP contribution < -0.4 is 0 Å². The summed E-state index contributed by atoms with van der Waals surface area (Å²) in [7, 11) is 0. The summed E-state index contributed by atoms with van der Waals surface area (Å²) in [4.78, 5) is 12.6. The topological polar surface area (TPSA) is 57.5 Å². The van der Waals surface area contributed by atoms with Gasteiger partial charge in [-0.2, -0.15) is 0 Å². The molecule has 0 radical (unpaired) electrons. The number of rotatable bonds is 0. The van der Waals surface area contributed by atoms with Gasteiger partial charge in [-0.25, -0.2) is 0 Å². The first-order chi connectivity index (χ1) is 10.5. The van der Waals surface area contributed by atoms with E-state index in [9.17, 15) is 15.0 Å². The van der Waals surface area contributed by atoms with E-state index < -0.39 is 11.2 Å². The van der Waals surface area contributed by atoms with Crippen LogP contribution in [0.25, 0.3) is 0 Å². The molecule has 0 saturated heterocycles. The molecule has 0 aromatic carbocycles. The molecule has 23 heavy (non-hydrogen) atoms. The summed E-state index contributed by atoms with van der Waals surface area (Å²) in [5, 5.41) is 23.0. The van der Waals surface area contributed by atoms with E-state index in [4.69, 9.17) is 0 Å². The van der Waals surface area contributed by atoms with Gasteiger partial charge in [-0.1, -0.05) is 38.5 Å². The lowest BCUT2D eigenvalue weighted by atomic mass is 9.61. The molecule has 126 valence electrons. The van der Waals surface area contributed by atoms with Crippen LogP contribution in [0.4, 0.5) is 0 Å². The highest BCUT2D eigenvalue weighted by Gasteiger charge is 2.79. The van der Waals surface area contributed by atoms with Crippen molar-refractivity contribution in [2.24, 2.45) is 35.0 Å². The van der Waals surface area contributed by atoms with Crippen LogP contribution in [0, 0.1) is 35.0 Å². The van der Waals surface area contributed by atoms with Crippen molar-refractivity contribution in [2.45, 2.75) is 58.7 Å². The van der Waals surface area contributed by atoms with E-state index in [0.717, 1.165) is 12.0 Å². The summed E-state index contributed by atoms with van der Waals surface area (Å²) in [6.45, 7) is 10.2. The highest BCUT2D eigenvalue weighted by atomic mass is 16.3. The Morgan fingerprint density at radius 1 is 1.13 bits per heavy atom. The number of hydrogen-bond donors (Lipinski definition) is 2. The molecule has 0 unspecified atom stereocenters. The second kappa shape index (κ2) is 4.18. The third kappa shape index (κ3) is 1.61. The number of fused-ring (bicyclic) bond motifs is 5. The number of hydrogen-bond acceptors (Lipinski definition) is 3. The van der Waals surface area contributed by atoms with E-state index in [1.807, 2.05) is 19.9 Å². The molecule has 0 bridgehead atoms. The molecule has 7 atom stereocenters. The summed E-state index contributed by atoms with van der Waals surface area (Å²) in [6, 6.07) is 0. The number of aliphatic hydroxyl groups is 2. The molecule has 4 rings (SSSR count). The molecule has 3 nitrogen and oxygen atoms in total. The van der Waals surface area contributed by atoms with Crippen molar-refractivity contribution in [3.63, 3.8) is 0 Å². The van der Waals surface area contributed by atoms with E-state index in [0.29, 0.717) is 6.42 Å². The second-order valence-corrected chi connectivity index (χ2v) is 9.21. The maximum atomic E-state index is 12.6. The first-order valence-corrected chi connectivity index (χ1v) is 8.90. The van der Waals surface area contributed by atoms with E-state index in [1.165, 1.54) is 5.57 Å². The van der Waals surface area contributed by atoms with Gasteiger partial charge in [0.15, 0.2) is 5.78 Å². The summed E-state index contributed by atoms with van der Waals surface area (Å²) in [5.41, 5.74) is 0.192. The van der Waals surface area contributed by atoms with Gasteiger partial charge in [0.05, 0.1) is 11.2 Å². The predicted molar refractivity (Wildman–Crippen MR) is 88.6 cm³/mol. The van der Waals surface area contributed by atoms with Gasteiger partial charge < -0.3 is 10.2 Å². The predicted octanol–water partition coefficient (Wildman–Crippen LogP) is 2.87. The minimum atomic E-state index is -0.930. The molecule has 2 saturated carbocycles. The molecular formula is C20H28O3. The average molecular weight is 316 g/mol. The zero-order chi connectivity index (χ0) is 16.9. The molecule has 4 aliphatic rings. The number of carbonyl (C=O) groups is 1. The molecule has 2 fully saturated rings. The standard InChI is InChI=1S/C20H28O3/c1-10-6-13-14(8-11(2)16(13)21)20(23)12(3)9-19(22)17(15(20)7-10)18(19,4)5/h7-8,12-15,17,22-23H,6,9H2,1-5H3/t12-,13+,14-,15+,17-,19+,20+/m1/s1. The van der Waals surface area contributed by atoms with Gasteiger partial charge >= 0.3 is 0 Å². The number of carbonyl (C=O) groups excluding carboxylic acids is 1. The Morgan fingerprint density at radius 3 is 2.43 bits per heavy atom. The van der Waals surface area contributed by atoms with Gasteiger partial charge in [0, 0.05) is 29.1 Å². The molecule has 0 aromatic rings. The SMILES string of the molecule is CC1=C[C@H]2[C@@H]3C(C)(C)[C@]3(O)C[C@@H](C)[C@]2(O)[C@@H]2C=C(C)C(=O)[C@H]2C1. The Bertz CT molecular complexity index is 658. The van der Waals surface area contributed by atoms with Crippen LogP contribution in [0.3, 0.4) is 0 Å². The Hall–Kier alpha value is -0.930. The van der Waals surface area contributed by atoms with Crippen molar-refractivity contribution in [3.05, 3.63) is 23.3 Å². The lowest BCUT2D eigenvalue weighted by Crippen LogP contribution is -2.56. The van der Waals surface area contributed by atoms with Crippen LogP contribution >= 0.6 is 0 Å². The highest BCUT2D eigenvalue weighted by Crippen LogP contribution is 2.74. The Balaban J connectivity index is 1.88. The zero-order valence-corrected chi connectivity index (χ0v) is 14.8. The van der Waals surface area contributed by atoms with Gasteiger partial charge in [0.25, 0.3) is 0 Å². The van der Waals surface area contributed by atoms with E-state index in [1.54, 1.807) is 0 Å². The van der Waals surface area contributed by atoms with Gasteiger partial charge in [-0.3, -0.25) is 4.79 Å². The molecule has 0 aliphatic heterocycles. The normalized spacial score (nSPS) is 53.5. The van der Waals surface area contributed by atoms with Gasteiger partial charge in [-0.15, -0.1) is 0 Å². The lowest BCUT2D eigenvalue weighted by Gasteiger charge is -2.48. The third-order valence-corrected chi connectivity index (χ3v) is 7.75. The summed E-state index contributed by atoms with van der Waals surface area (Å²) in [5.74, 6) is -0.0769. The van der Waals surface area contributed by atoms with E-state index >= 15 is 0 Å². The van der Waals surface area contributed by atoms with Crippen molar-refractivity contribution in [2.75, 3.05) is 0 Å². The molecular weight excluding hydrogens is 288 g/mol. The molecule has 3 heteroatoms. The van der Waals surface area contributed by atoms with Gasteiger partial charge in [-0.05, 0) is 38.2 Å². The van der Waals surface area contributed by atoms with Crippen LogP contribution in [0.2, 0.25) is 0 Å². The molecule has 4 aliphatic carbocycles. The Morgan fingerprint density at radius 2 is 1.78 bits per heavy atom. The van der Waals surface area contributed by atoms with Crippen molar-refractivity contribution in [3.8, 4) is 0 Å². The van der Waals surface area contributed by atoms with Crippen LogP contribution in [0.15, 0.2) is 23.3 Å². The fourth-order valence-corrected chi connectivity index (χ4v) is 6.33. The quantitative estimate of drug-likeness (QED) is 0.676. The highest BCUT2D eigenvalue weighted by molar-refractivity contribution is 5.99. The van der Waals surface area contributed by atoms with Crippen molar-refractivity contribution >= 4 is 5.78 Å². The van der Waals surface area contributed by atoms with Crippen molar-refractivity contribution in [1.82, 2.24) is 0 Å². The first kappa shape index (κ1) is 15.6. The lowest BCUT2D eigenvalue weighted by molar-refractivity contribution is -0.146. The van der Waals surface area contributed by atoms with Crippen molar-refractivity contribution in [1.29, 1.82) is 0 Å². The Labute approximate surface area is 138 Å². The monoisotopic (exact) mass is 316 g/mol. The fraction of sp³-hybridized carbons (Fsp3) is 0.750. The minimum Gasteiger partial charge on any atom is -0.389 e. The van der Waals surface area contributed by atoms with Gasteiger partial charge in [0.1, 0.15) is 0 Å². The maximum absolute atomic E-state index is 12.6. The molecule has 0 amide bonds. The minimum absolute atomic E-state index is 0.0277. The maximum Gasteiger partial charge on any atom is 0.162 e. The molecule has 0 aromatic heterocycles.